The van der Waals surface area contributed by atoms with Crippen LogP contribution in [0.5, 0.6) is 11.5 Å². The molecule has 2 bridgehead atoms. The zero-order valence-corrected chi connectivity index (χ0v) is 22.4. The fraction of sp³-hybridized carbons (Fsp3) is 0.613. The van der Waals surface area contributed by atoms with Crippen molar-refractivity contribution >= 4 is 0 Å². The average molecular weight is 507 g/mol. The Kier molecular flexibility index (Phi) is 6.95. The van der Waals surface area contributed by atoms with Crippen molar-refractivity contribution in [2.75, 3.05) is 26.6 Å². The maximum atomic E-state index is 9.75. The van der Waals surface area contributed by atoms with Crippen molar-refractivity contribution in [3.8, 4) is 11.5 Å². The van der Waals surface area contributed by atoms with Gasteiger partial charge in [0.05, 0.1) is 12.2 Å². The van der Waals surface area contributed by atoms with Crippen molar-refractivity contribution in [3.63, 3.8) is 0 Å². The Morgan fingerprint density at radius 2 is 1.38 bits per heavy atom. The van der Waals surface area contributed by atoms with Crippen molar-refractivity contribution in [2.24, 2.45) is 11.8 Å². The van der Waals surface area contributed by atoms with Gasteiger partial charge in [0.15, 0.2) is 0 Å². The summed E-state index contributed by atoms with van der Waals surface area (Å²) in [7, 11) is 0. The Bertz CT molecular complexity index is 1040. The topological polar surface area (TPSA) is 65.4 Å². The van der Waals surface area contributed by atoms with Crippen LogP contribution in [0, 0.1) is 11.8 Å². The third-order valence-electron chi connectivity index (χ3n) is 9.32. The van der Waals surface area contributed by atoms with Crippen molar-refractivity contribution in [2.45, 2.75) is 83.1 Å². The maximum Gasteiger partial charge on any atom is 0.142 e. The highest BCUT2D eigenvalue weighted by atomic mass is 16.5. The summed E-state index contributed by atoms with van der Waals surface area (Å²) in [4.78, 5) is 4.59. The molecule has 2 aromatic carbocycles. The van der Waals surface area contributed by atoms with Crippen LogP contribution in [-0.4, -0.2) is 58.8 Å². The van der Waals surface area contributed by atoms with Gasteiger partial charge in [-0.3, -0.25) is 9.80 Å². The molecule has 0 spiro atoms. The van der Waals surface area contributed by atoms with Gasteiger partial charge in [0.1, 0.15) is 25.0 Å². The SMILES string of the molecule is CC(O)CCN1COc2ccc(C3(c4ccc5c(c4)CN(CCC(C)O)CO5)CC4CCC3C4)cc2C1. The van der Waals surface area contributed by atoms with E-state index in [0.717, 1.165) is 56.4 Å². The molecule has 2 N–H and O–H groups in total. The zero-order chi connectivity index (χ0) is 25.6. The molecule has 4 atom stereocenters. The van der Waals surface area contributed by atoms with Crippen LogP contribution in [0.4, 0.5) is 0 Å². The molecule has 2 heterocycles. The van der Waals surface area contributed by atoms with E-state index in [1.165, 1.54) is 47.9 Å². The van der Waals surface area contributed by atoms with Crippen LogP contribution in [-0.2, 0) is 18.5 Å². The summed E-state index contributed by atoms with van der Waals surface area (Å²) in [5.74, 6) is 3.47. The van der Waals surface area contributed by atoms with E-state index in [2.05, 4.69) is 46.2 Å². The van der Waals surface area contributed by atoms with Gasteiger partial charge in [-0.2, -0.15) is 0 Å². The summed E-state index contributed by atoms with van der Waals surface area (Å²) in [5, 5.41) is 19.5. The number of hydrogen-bond donors (Lipinski definition) is 2. The molecule has 6 heteroatoms. The molecule has 6 rings (SSSR count). The summed E-state index contributed by atoms with van der Waals surface area (Å²) in [6, 6.07) is 13.9. The number of rotatable bonds is 8. The summed E-state index contributed by atoms with van der Waals surface area (Å²) in [6.45, 7) is 8.31. The molecule has 200 valence electrons. The molecule has 0 saturated heterocycles. The molecule has 2 aliphatic carbocycles. The zero-order valence-electron chi connectivity index (χ0n) is 22.4. The van der Waals surface area contributed by atoms with Gasteiger partial charge in [-0.15, -0.1) is 0 Å². The van der Waals surface area contributed by atoms with Gasteiger partial charge >= 0.3 is 0 Å². The average Bonchev–Trinajstić information content (AvgIpc) is 3.52. The molecule has 0 amide bonds. The summed E-state index contributed by atoms with van der Waals surface area (Å²) < 4.78 is 12.2. The molecule has 6 nitrogen and oxygen atoms in total. The van der Waals surface area contributed by atoms with Gasteiger partial charge in [-0.1, -0.05) is 18.6 Å². The van der Waals surface area contributed by atoms with E-state index in [0.29, 0.717) is 19.4 Å². The predicted molar refractivity (Wildman–Crippen MR) is 144 cm³/mol. The van der Waals surface area contributed by atoms with Crippen LogP contribution in [0.3, 0.4) is 0 Å². The molecular weight excluding hydrogens is 464 g/mol. The quantitative estimate of drug-likeness (QED) is 0.544. The lowest BCUT2D eigenvalue weighted by Crippen LogP contribution is -2.37. The highest BCUT2D eigenvalue weighted by Gasteiger charge is 2.53. The number of benzene rings is 2. The van der Waals surface area contributed by atoms with Crippen molar-refractivity contribution in [1.82, 2.24) is 9.80 Å². The Balaban J connectivity index is 1.31. The lowest BCUT2D eigenvalue weighted by Gasteiger charge is -2.41. The molecular formula is C31H42N2O4. The van der Waals surface area contributed by atoms with Crippen LogP contribution in [0.2, 0.25) is 0 Å². The molecule has 2 aromatic rings. The third-order valence-corrected chi connectivity index (χ3v) is 9.32. The van der Waals surface area contributed by atoms with Gasteiger partial charge in [0.25, 0.3) is 0 Å². The van der Waals surface area contributed by atoms with Gasteiger partial charge in [0, 0.05) is 42.7 Å². The number of hydrogen-bond acceptors (Lipinski definition) is 6. The fourth-order valence-electron chi connectivity index (χ4n) is 7.37. The minimum absolute atomic E-state index is 0.0384. The van der Waals surface area contributed by atoms with Crippen LogP contribution in [0.1, 0.15) is 74.6 Å². The van der Waals surface area contributed by atoms with Gasteiger partial charge < -0.3 is 19.7 Å². The largest absolute Gasteiger partial charge is 0.478 e. The molecule has 4 unspecified atom stereocenters. The van der Waals surface area contributed by atoms with E-state index in [1.807, 2.05) is 13.8 Å². The summed E-state index contributed by atoms with van der Waals surface area (Å²) in [5.41, 5.74) is 5.44. The van der Waals surface area contributed by atoms with Crippen molar-refractivity contribution in [3.05, 3.63) is 58.7 Å². The van der Waals surface area contributed by atoms with E-state index < -0.39 is 0 Å². The van der Waals surface area contributed by atoms with E-state index in [1.54, 1.807) is 0 Å². The molecule has 2 aliphatic heterocycles. The minimum Gasteiger partial charge on any atom is -0.478 e. The smallest absolute Gasteiger partial charge is 0.142 e. The van der Waals surface area contributed by atoms with E-state index in [-0.39, 0.29) is 17.6 Å². The molecule has 4 aliphatic rings. The highest BCUT2D eigenvalue weighted by molar-refractivity contribution is 5.51. The Morgan fingerprint density at radius 1 is 0.838 bits per heavy atom. The highest BCUT2D eigenvalue weighted by Crippen LogP contribution is 2.60. The predicted octanol–water partition coefficient (Wildman–Crippen LogP) is 4.64. The van der Waals surface area contributed by atoms with E-state index in [4.69, 9.17) is 9.47 Å². The molecule has 37 heavy (non-hydrogen) atoms. The lowest BCUT2D eigenvalue weighted by atomic mass is 9.64. The Labute approximate surface area is 221 Å². The first-order valence-electron chi connectivity index (χ1n) is 14.2. The van der Waals surface area contributed by atoms with Crippen LogP contribution in [0.15, 0.2) is 36.4 Å². The Morgan fingerprint density at radius 3 is 1.81 bits per heavy atom. The monoisotopic (exact) mass is 506 g/mol. The molecule has 0 radical (unpaired) electrons. The first-order valence-corrected chi connectivity index (χ1v) is 14.2. The minimum atomic E-state index is -0.291. The normalized spacial score (nSPS) is 28.8. The van der Waals surface area contributed by atoms with Crippen LogP contribution >= 0.6 is 0 Å². The van der Waals surface area contributed by atoms with Crippen molar-refractivity contribution in [1.29, 1.82) is 0 Å². The lowest BCUT2D eigenvalue weighted by molar-refractivity contribution is 0.0765. The number of nitrogens with zero attached hydrogens (tertiary/aromatic N) is 2. The fourth-order valence-corrected chi connectivity index (χ4v) is 7.37. The number of ether oxygens (including phenoxy) is 2. The van der Waals surface area contributed by atoms with E-state index in [9.17, 15) is 10.2 Å². The first kappa shape index (κ1) is 25.2. The van der Waals surface area contributed by atoms with Crippen LogP contribution < -0.4 is 9.47 Å². The number of aliphatic hydroxyl groups is 2. The second-order valence-electron chi connectivity index (χ2n) is 12.1. The third kappa shape index (κ3) is 4.89. The van der Waals surface area contributed by atoms with Crippen LogP contribution in [0.25, 0.3) is 0 Å². The summed E-state index contributed by atoms with van der Waals surface area (Å²) in [6.07, 6.45) is 6.13. The maximum absolute atomic E-state index is 9.75. The second-order valence-corrected chi connectivity index (χ2v) is 12.1. The van der Waals surface area contributed by atoms with Gasteiger partial charge in [0.2, 0.25) is 0 Å². The van der Waals surface area contributed by atoms with Crippen molar-refractivity contribution < 1.29 is 19.7 Å². The molecule has 2 fully saturated rings. The van der Waals surface area contributed by atoms with Gasteiger partial charge in [-0.25, -0.2) is 0 Å². The Hall–Kier alpha value is -2.12. The number of fused-ring (bicyclic) bond motifs is 4. The molecule has 2 saturated carbocycles. The second kappa shape index (κ2) is 10.2. The van der Waals surface area contributed by atoms with Gasteiger partial charge in [-0.05, 0) is 93.2 Å². The molecule has 0 aromatic heterocycles. The van der Waals surface area contributed by atoms with E-state index >= 15 is 0 Å². The standard InChI is InChI=1S/C31H42N2O4/c1-21(34)9-11-32-17-24-14-27(5-7-29(24)36-19-32)31(16-23-3-4-26(31)13-23)28-6-8-30-25(15-28)18-33(20-37-30)12-10-22(2)35/h5-8,14-15,21-23,26,34-35H,3-4,9-13,16-20H2,1-2H3. The number of aliphatic hydroxyl groups excluding tert-OH is 2. The first-order chi connectivity index (χ1) is 17.9. The summed E-state index contributed by atoms with van der Waals surface area (Å²) >= 11 is 0.